The third kappa shape index (κ3) is 3.55. The van der Waals surface area contributed by atoms with E-state index in [2.05, 4.69) is 22.1 Å². The molecule has 0 spiro atoms. The predicted molar refractivity (Wildman–Crippen MR) is 84.4 cm³/mol. The van der Waals surface area contributed by atoms with E-state index in [0.29, 0.717) is 17.9 Å². The summed E-state index contributed by atoms with van der Waals surface area (Å²) in [7, 11) is 0. The second-order valence-electron chi connectivity index (χ2n) is 4.99. The normalized spacial score (nSPS) is 10.3. The molecule has 0 unspecified atom stereocenters. The zero-order valence-corrected chi connectivity index (χ0v) is 14.8. The molecule has 0 saturated heterocycles. The summed E-state index contributed by atoms with van der Waals surface area (Å²) in [6, 6.07) is 21.1. The van der Waals surface area contributed by atoms with Crippen molar-refractivity contribution in [1.82, 2.24) is 9.97 Å². The Morgan fingerprint density at radius 2 is 1.25 bits per heavy atom. The third-order valence-electron chi connectivity index (χ3n) is 3.38. The van der Waals surface area contributed by atoms with Crippen molar-refractivity contribution in [3.8, 4) is 22.9 Å². The summed E-state index contributed by atoms with van der Waals surface area (Å²) in [6.07, 6.45) is 3.81. The smallest absolute Gasteiger partial charge is 0.545 e. The molecule has 0 aliphatic rings. The Morgan fingerprint density at radius 1 is 0.750 bits per heavy atom. The average molecular weight is 495 g/mol. The first-order valence-corrected chi connectivity index (χ1v) is 7.21. The maximum Gasteiger partial charge on any atom is 2.00 e. The van der Waals surface area contributed by atoms with Gasteiger partial charge in [-0.15, -0.1) is 24.3 Å². The van der Waals surface area contributed by atoms with E-state index in [0.717, 1.165) is 22.8 Å². The molecule has 0 amide bonds. The summed E-state index contributed by atoms with van der Waals surface area (Å²) in [5, 5.41) is 0. The van der Waals surface area contributed by atoms with Crippen LogP contribution in [0.3, 0.4) is 0 Å². The van der Waals surface area contributed by atoms with Gasteiger partial charge in [0.15, 0.2) is 0 Å². The van der Waals surface area contributed by atoms with E-state index in [1.807, 2.05) is 36.4 Å². The molecule has 0 radical (unpaired) electrons. The molecule has 5 heteroatoms. The van der Waals surface area contributed by atoms with Crippen LogP contribution < -0.4 is 0 Å². The minimum Gasteiger partial charge on any atom is -0.545 e. The largest absolute Gasteiger partial charge is 2.00 e. The average Bonchev–Trinajstić information content (AvgIpc) is 3.29. The number of nitrogens with zero attached hydrogens (tertiary/aromatic N) is 2. The van der Waals surface area contributed by atoms with E-state index >= 15 is 0 Å². The molecule has 0 bridgehead atoms. The molecule has 0 fully saturated rings. The van der Waals surface area contributed by atoms with Crippen molar-refractivity contribution in [2.24, 2.45) is 0 Å². The molecule has 0 N–H and O–H groups in total. The fourth-order valence-electron chi connectivity index (χ4n) is 2.35. The van der Waals surface area contributed by atoms with Gasteiger partial charge in [0.1, 0.15) is 0 Å². The molecular formula is C19H12N2O2Pt. The summed E-state index contributed by atoms with van der Waals surface area (Å²) in [5.41, 5.74) is 3.37. The standard InChI is InChI=1S/C19H12N2O2.Pt/c1-5-14(20-16(7-1)18-9-3-11-22-18)13-15-6-2-8-17(21-15)19-10-4-12-23-19;/h1-8,11-12H,13H2;/q-2;+2. The summed E-state index contributed by atoms with van der Waals surface area (Å²) >= 11 is 0. The number of furan rings is 2. The quantitative estimate of drug-likeness (QED) is 0.399. The Kier molecular flexibility index (Phi) is 5.07. The Hall–Kier alpha value is -2.45. The molecule has 0 saturated carbocycles. The van der Waals surface area contributed by atoms with Gasteiger partial charge in [0.05, 0.1) is 0 Å². The van der Waals surface area contributed by atoms with Crippen molar-refractivity contribution in [3.63, 3.8) is 0 Å². The molecule has 4 rings (SSSR count). The van der Waals surface area contributed by atoms with Gasteiger partial charge in [-0.25, -0.2) is 0 Å². The molecule has 4 aromatic rings. The molecular weight excluding hydrogens is 483 g/mol. The van der Waals surface area contributed by atoms with Crippen LogP contribution in [0.5, 0.6) is 0 Å². The van der Waals surface area contributed by atoms with E-state index < -0.39 is 0 Å². The monoisotopic (exact) mass is 495 g/mol. The van der Waals surface area contributed by atoms with Crippen LogP contribution >= 0.6 is 0 Å². The fourth-order valence-corrected chi connectivity index (χ4v) is 2.35. The Bertz CT molecular complexity index is 827. The van der Waals surface area contributed by atoms with Crippen molar-refractivity contribution in [1.29, 1.82) is 0 Å². The van der Waals surface area contributed by atoms with E-state index in [1.54, 1.807) is 24.7 Å². The third-order valence-corrected chi connectivity index (χ3v) is 3.38. The van der Waals surface area contributed by atoms with Gasteiger partial charge in [-0.3, -0.25) is 0 Å². The molecule has 4 aromatic heterocycles. The second-order valence-corrected chi connectivity index (χ2v) is 4.99. The summed E-state index contributed by atoms with van der Waals surface area (Å²) in [6.45, 7) is 0. The van der Waals surface area contributed by atoms with Crippen molar-refractivity contribution >= 4 is 0 Å². The van der Waals surface area contributed by atoms with Gasteiger partial charge in [0, 0.05) is 40.7 Å². The molecule has 4 heterocycles. The van der Waals surface area contributed by atoms with Gasteiger partial charge >= 0.3 is 21.1 Å². The first-order valence-electron chi connectivity index (χ1n) is 7.21. The topological polar surface area (TPSA) is 52.1 Å². The van der Waals surface area contributed by atoms with Crippen LogP contribution in [0.4, 0.5) is 0 Å². The predicted octanol–water partition coefficient (Wildman–Crippen LogP) is 4.19. The summed E-state index contributed by atoms with van der Waals surface area (Å²) < 4.78 is 10.7. The van der Waals surface area contributed by atoms with E-state index in [1.165, 1.54) is 0 Å². The Morgan fingerprint density at radius 3 is 1.67 bits per heavy atom. The SMILES string of the molecule is [Pt+2].[c-]1ccoc1-c1cccc(Cc2cccc(-c3[c-]cco3)n2)n1. The van der Waals surface area contributed by atoms with Gasteiger partial charge in [-0.2, -0.15) is 0 Å². The van der Waals surface area contributed by atoms with Gasteiger partial charge < -0.3 is 18.8 Å². The van der Waals surface area contributed by atoms with Crippen molar-refractivity contribution in [3.05, 3.63) is 84.6 Å². The van der Waals surface area contributed by atoms with Crippen LogP contribution in [0, 0.1) is 12.1 Å². The fraction of sp³-hybridized carbons (Fsp3) is 0.0526. The molecule has 0 aromatic carbocycles. The van der Waals surface area contributed by atoms with E-state index in [9.17, 15) is 0 Å². The van der Waals surface area contributed by atoms with Crippen LogP contribution in [0.15, 0.2) is 69.9 Å². The maximum absolute atomic E-state index is 5.34. The Balaban J connectivity index is 0.00000169. The first-order chi connectivity index (χ1) is 11.4. The maximum atomic E-state index is 5.34. The minimum atomic E-state index is 0. The number of pyridine rings is 2. The molecule has 0 aliphatic heterocycles. The number of aromatic nitrogens is 2. The molecule has 4 nitrogen and oxygen atoms in total. The number of rotatable bonds is 4. The number of hydrogen-bond donors (Lipinski definition) is 0. The van der Waals surface area contributed by atoms with Crippen LogP contribution in [0.25, 0.3) is 22.9 Å². The molecule has 24 heavy (non-hydrogen) atoms. The van der Waals surface area contributed by atoms with Crippen molar-refractivity contribution in [2.45, 2.75) is 6.42 Å². The van der Waals surface area contributed by atoms with Crippen LogP contribution in [-0.2, 0) is 27.5 Å². The minimum absolute atomic E-state index is 0. The van der Waals surface area contributed by atoms with Gasteiger partial charge in [0.2, 0.25) is 0 Å². The van der Waals surface area contributed by atoms with Crippen LogP contribution in [-0.4, -0.2) is 9.97 Å². The number of hydrogen-bond acceptors (Lipinski definition) is 4. The van der Waals surface area contributed by atoms with Crippen molar-refractivity contribution < 1.29 is 29.9 Å². The molecule has 0 atom stereocenters. The van der Waals surface area contributed by atoms with E-state index in [-0.39, 0.29) is 21.1 Å². The van der Waals surface area contributed by atoms with Crippen LogP contribution in [0.1, 0.15) is 11.4 Å². The Labute approximate surface area is 153 Å². The van der Waals surface area contributed by atoms with Crippen molar-refractivity contribution in [2.75, 3.05) is 0 Å². The van der Waals surface area contributed by atoms with E-state index in [4.69, 9.17) is 8.83 Å². The first kappa shape index (κ1) is 16.4. The van der Waals surface area contributed by atoms with Gasteiger partial charge in [-0.05, 0) is 24.7 Å². The summed E-state index contributed by atoms with van der Waals surface area (Å²) in [5.74, 6) is 1.28. The summed E-state index contributed by atoms with van der Waals surface area (Å²) in [4.78, 5) is 9.21. The molecule has 0 aliphatic carbocycles. The van der Waals surface area contributed by atoms with Gasteiger partial charge in [-0.1, -0.05) is 24.3 Å². The van der Waals surface area contributed by atoms with Gasteiger partial charge in [0.25, 0.3) is 0 Å². The van der Waals surface area contributed by atoms with Crippen LogP contribution in [0.2, 0.25) is 0 Å². The molecule has 120 valence electrons. The zero-order valence-electron chi connectivity index (χ0n) is 12.5. The second kappa shape index (κ2) is 7.41. The zero-order chi connectivity index (χ0) is 15.5.